The summed E-state index contributed by atoms with van der Waals surface area (Å²) in [5, 5.41) is 3.40. The molecule has 0 aliphatic carbocycles. The van der Waals surface area contributed by atoms with Gasteiger partial charge >= 0.3 is 0 Å². The van der Waals surface area contributed by atoms with Gasteiger partial charge in [0, 0.05) is 17.2 Å². The van der Waals surface area contributed by atoms with Crippen molar-refractivity contribution in [3.63, 3.8) is 0 Å². The van der Waals surface area contributed by atoms with Crippen LogP contribution in [-0.2, 0) is 12.3 Å². The highest BCUT2D eigenvalue weighted by Gasteiger charge is 2.03. The molecule has 2 rings (SSSR count). The lowest BCUT2D eigenvalue weighted by molar-refractivity contribution is 0.718. The predicted octanol–water partition coefficient (Wildman–Crippen LogP) is 4.40. The molecule has 100 valence electrons. The van der Waals surface area contributed by atoms with Gasteiger partial charge in [-0.3, -0.25) is 0 Å². The summed E-state index contributed by atoms with van der Waals surface area (Å²) in [5.41, 5.74) is 4.19. The molecule has 1 nitrogen and oxygen atoms in total. The van der Waals surface area contributed by atoms with Gasteiger partial charge in [0.1, 0.15) is 0 Å². The van der Waals surface area contributed by atoms with Crippen LogP contribution in [0.2, 0.25) is 0 Å². The Morgan fingerprint density at radius 3 is 2.37 bits per heavy atom. The van der Waals surface area contributed by atoms with E-state index in [2.05, 4.69) is 67.7 Å². The molecule has 2 heteroatoms. The van der Waals surface area contributed by atoms with E-state index in [0.29, 0.717) is 0 Å². The molecule has 19 heavy (non-hydrogen) atoms. The summed E-state index contributed by atoms with van der Waals surface area (Å²) in [6.45, 7) is 6.29. The molecule has 0 radical (unpaired) electrons. The quantitative estimate of drug-likeness (QED) is 0.782. The van der Waals surface area contributed by atoms with Crippen LogP contribution in [0, 0.1) is 6.92 Å². The Bertz CT molecular complexity index is 522. The van der Waals surface area contributed by atoms with Crippen molar-refractivity contribution in [2.24, 2.45) is 0 Å². The van der Waals surface area contributed by atoms with Gasteiger partial charge in [0.15, 0.2) is 0 Å². The smallest absolute Gasteiger partial charge is 0.0234 e. The molecule has 0 aliphatic heterocycles. The minimum Gasteiger partial charge on any atom is -0.313 e. The summed E-state index contributed by atoms with van der Waals surface area (Å²) in [6.07, 6.45) is 0. The highest BCUT2D eigenvalue weighted by atomic mass is 32.2. The lowest BCUT2D eigenvalue weighted by Gasteiger charge is -2.10. The van der Waals surface area contributed by atoms with Gasteiger partial charge in [-0.15, -0.1) is 11.8 Å². The fraction of sp³-hybridized carbons (Fsp3) is 0.294. The van der Waals surface area contributed by atoms with Crippen molar-refractivity contribution in [1.29, 1.82) is 0 Å². The van der Waals surface area contributed by atoms with Crippen molar-refractivity contribution in [1.82, 2.24) is 5.32 Å². The zero-order valence-corrected chi connectivity index (χ0v) is 12.5. The minimum absolute atomic E-state index is 0.952. The number of nitrogens with one attached hydrogen (secondary N) is 1. The molecular formula is C17H21NS. The molecule has 0 heterocycles. The molecule has 0 saturated heterocycles. The van der Waals surface area contributed by atoms with Gasteiger partial charge in [-0.25, -0.2) is 0 Å². The van der Waals surface area contributed by atoms with Crippen molar-refractivity contribution in [3.8, 4) is 0 Å². The topological polar surface area (TPSA) is 12.0 Å². The molecule has 0 saturated carbocycles. The van der Waals surface area contributed by atoms with Gasteiger partial charge in [0.25, 0.3) is 0 Å². The second kappa shape index (κ2) is 7.37. The Morgan fingerprint density at radius 2 is 1.63 bits per heavy atom. The average molecular weight is 271 g/mol. The van der Waals surface area contributed by atoms with E-state index in [0.717, 1.165) is 18.8 Å². The van der Waals surface area contributed by atoms with Gasteiger partial charge in [-0.2, -0.15) is 0 Å². The number of rotatable bonds is 6. The Kier molecular flexibility index (Phi) is 5.49. The average Bonchev–Trinajstić information content (AvgIpc) is 2.45. The molecule has 0 spiro atoms. The molecule has 0 amide bonds. The van der Waals surface area contributed by atoms with Crippen LogP contribution < -0.4 is 5.32 Å². The second-order valence-electron chi connectivity index (χ2n) is 4.60. The Morgan fingerprint density at radius 1 is 0.947 bits per heavy atom. The van der Waals surface area contributed by atoms with E-state index in [1.54, 1.807) is 0 Å². The summed E-state index contributed by atoms with van der Waals surface area (Å²) in [6, 6.07) is 17.3. The number of hydrogen-bond acceptors (Lipinski definition) is 2. The number of hydrogen-bond donors (Lipinski definition) is 1. The highest BCUT2D eigenvalue weighted by Crippen LogP contribution is 2.27. The maximum atomic E-state index is 3.40. The predicted molar refractivity (Wildman–Crippen MR) is 84.6 cm³/mol. The molecule has 2 aromatic rings. The molecule has 0 bridgehead atoms. The summed E-state index contributed by atoms with van der Waals surface area (Å²) >= 11 is 1.92. The van der Waals surface area contributed by atoms with E-state index < -0.39 is 0 Å². The SMILES string of the molecule is CCNCc1ccccc1SCc1ccccc1C. The first-order chi connectivity index (χ1) is 9.31. The first kappa shape index (κ1) is 14.2. The van der Waals surface area contributed by atoms with Crippen LogP contribution in [0.3, 0.4) is 0 Å². The molecule has 0 atom stereocenters. The molecule has 0 fully saturated rings. The number of benzene rings is 2. The van der Waals surface area contributed by atoms with Crippen molar-refractivity contribution >= 4 is 11.8 Å². The van der Waals surface area contributed by atoms with Crippen LogP contribution in [0.25, 0.3) is 0 Å². The monoisotopic (exact) mass is 271 g/mol. The second-order valence-corrected chi connectivity index (χ2v) is 5.62. The Labute approximate surface area is 120 Å². The van der Waals surface area contributed by atoms with Gasteiger partial charge in [-0.1, -0.05) is 49.4 Å². The minimum atomic E-state index is 0.952. The lowest BCUT2D eigenvalue weighted by atomic mass is 10.1. The molecule has 1 N–H and O–H groups in total. The maximum absolute atomic E-state index is 3.40. The Hall–Kier alpha value is -1.25. The molecule has 0 aromatic heterocycles. The first-order valence-corrected chi connectivity index (χ1v) is 7.75. The van der Waals surface area contributed by atoms with Crippen LogP contribution in [0.4, 0.5) is 0 Å². The van der Waals surface area contributed by atoms with E-state index in [1.165, 1.54) is 21.6 Å². The van der Waals surface area contributed by atoms with Gasteiger partial charge < -0.3 is 5.32 Å². The molecular weight excluding hydrogens is 250 g/mol. The fourth-order valence-corrected chi connectivity index (χ4v) is 3.11. The molecule has 0 unspecified atom stereocenters. The summed E-state index contributed by atoms with van der Waals surface area (Å²) < 4.78 is 0. The van der Waals surface area contributed by atoms with E-state index in [9.17, 15) is 0 Å². The van der Waals surface area contributed by atoms with Crippen LogP contribution >= 0.6 is 11.8 Å². The normalized spacial score (nSPS) is 10.6. The maximum Gasteiger partial charge on any atom is 0.0234 e. The van der Waals surface area contributed by atoms with Crippen molar-refractivity contribution in [2.75, 3.05) is 6.54 Å². The van der Waals surface area contributed by atoms with E-state index in [4.69, 9.17) is 0 Å². The zero-order valence-electron chi connectivity index (χ0n) is 11.6. The number of aryl methyl sites for hydroxylation is 1. The van der Waals surface area contributed by atoms with E-state index >= 15 is 0 Å². The van der Waals surface area contributed by atoms with Crippen LogP contribution in [0.1, 0.15) is 23.6 Å². The fourth-order valence-electron chi connectivity index (χ4n) is 1.98. The summed E-state index contributed by atoms with van der Waals surface area (Å²) in [4.78, 5) is 1.38. The third-order valence-electron chi connectivity index (χ3n) is 3.18. The summed E-state index contributed by atoms with van der Waals surface area (Å²) in [7, 11) is 0. The lowest BCUT2D eigenvalue weighted by Crippen LogP contribution is -2.12. The van der Waals surface area contributed by atoms with E-state index in [1.807, 2.05) is 11.8 Å². The first-order valence-electron chi connectivity index (χ1n) is 6.77. The largest absolute Gasteiger partial charge is 0.313 e. The molecule has 0 aliphatic rings. The van der Waals surface area contributed by atoms with Gasteiger partial charge in [0.05, 0.1) is 0 Å². The molecule has 2 aromatic carbocycles. The Balaban J connectivity index is 2.05. The van der Waals surface area contributed by atoms with Gasteiger partial charge in [-0.05, 0) is 36.2 Å². The van der Waals surface area contributed by atoms with Crippen molar-refractivity contribution < 1.29 is 0 Å². The third-order valence-corrected chi connectivity index (χ3v) is 4.35. The highest BCUT2D eigenvalue weighted by molar-refractivity contribution is 7.98. The number of thioether (sulfide) groups is 1. The standard InChI is InChI=1S/C17H21NS/c1-3-18-12-15-9-6-7-11-17(15)19-13-16-10-5-4-8-14(16)2/h4-11,18H,3,12-13H2,1-2H3. The van der Waals surface area contributed by atoms with Crippen LogP contribution in [-0.4, -0.2) is 6.54 Å². The van der Waals surface area contributed by atoms with Crippen LogP contribution in [0.5, 0.6) is 0 Å². The van der Waals surface area contributed by atoms with Crippen molar-refractivity contribution in [2.45, 2.75) is 31.0 Å². The summed E-state index contributed by atoms with van der Waals surface area (Å²) in [5.74, 6) is 1.04. The van der Waals surface area contributed by atoms with Gasteiger partial charge in [0.2, 0.25) is 0 Å². The van der Waals surface area contributed by atoms with Crippen LogP contribution in [0.15, 0.2) is 53.4 Å². The third kappa shape index (κ3) is 4.12. The zero-order chi connectivity index (χ0) is 13.5. The van der Waals surface area contributed by atoms with Crippen molar-refractivity contribution in [3.05, 3.63) is 65.2 Å². The van der Waals surface area contributed by atoms with E-state index in [-0.39, 0.29) is 0 Å².